The maximum absolute atomic E-state index is 12.0. The van der Waals surface area contributed by atoms with Gasteiger partial charge in [0.2, 0.25) is 0 Å². The summed E-state index contributed by atoms with van der Waals surface area (Å²) in [5, 5.41) is 1.45. The van der Waals surface area contributed by atoms with E-state index in [0.29, 0.717) is 17.5 Å². The maximum atomic E-state index is 12.0. The molecule has 0 radical (unpaired) electrons. The lowest BCUT2D eigenvalue weighted by Gasteiger charge is -2.06. The molecule has 0 saturated heterocycles. The number of rotatable bonds is 2. The van der Waals surface area contributed by atoms with E-state index in [4.69, 9.17) is 5.73 Å². The monoisotopic (exact) mass is 286 g/mol. The second-order valence-electron chi connectivity index (χ2n) is 4.59. The molecule has 0 unspecified atom stereocenters. The number of hydrogen-bond acceptors (Lipinski definition) is 2. The number of aromatic amines is 1. The number of pyridine rings is 1. The van der Waals surface area contributed by atoms with E-state index in [9.17, 15) is 4.79 Å². The first-order chi connectivity index (χ1) is 9.24. The first kappa shape index (κ1) is 14.2. The van der Waals surface area contributed by atoms with E-state index in [1.54, 1.807) is 12.1 Å². The Morgan fingerprint density at radius 2 is 1.70 bits per heavy atom. The Balaban J connectivity index is 0.00000147. The van der Waals surface area contributed by atoms with Crippen LogP contribution < -0.4 is 11.3 Å². The van der Waals surface area contributed by atoms with Crippen LogP contribution in [0.3, 0.4) is 0 Å². The molecule has 4 heteroatoms. The third kappa shape index (κ3) is 2.68. The first-order valence-electron chi connectivity index (χ1n) is 6.18. The molecule has 20 heavy (non-hydrogen) atoms. The Morgan fingerprint density at radius 1 is 0.950 bits per heavy atom. The normalized spacial score (nSPS) is 10.2. The van der Waals surface area contributed by atoms with Gasteiger partial charge < -0.3 is 10.7 Å². The van der Waals surface area contributed by atoms with Crippen molar-refractivity contribution in [3.8, 4) is 0 Å². The lowest BCUT2D eigenvalue weighted by atomic mass is 10.1. The molecule has 0 amide bonds. The molecule has 2 aromatic carbocycles. The van der Waals surface area contributed by atoms with Crippen LogP contribution in [0.1, 0.15) is 11.3 Å². The zero-order valence-corrected chi connectivity index (χ0v) is 11.6. The number of hydrogen-bond donors (Lipinski definition) is 2. The highest BCUT2D eigenvalue weighted by molar-refractivity contribution is 5.92. The van der Waals surface area contributed by atoms with Crippen molar-refractivity contribution in [1.29, 1.82) is 0 Å². The SMILES string of the molecule is Cl.Nc1cccc2c(=O)[nH]c(Cc3ccccc3)cc12. The molecule has 3 rings (SSSR count). The fraction of sp³-hybridized carbons (Fsp3) is 0.0625. The second-order valence-corrected chi connectivity index (χ2v) is 4.59. The molecule has 0 bridgehead atoms. The van der Waals surface area contributed by atoms with Crippen LogP contribution in [0.2, 0.25) is 0 Å². The van der Waals surface area contributed by atoms with Gasteiger partial charge in [0.05, 0.1) is 0 Å². The summed E-state index contributed by atoms with van der Waals surface area (Å²) in [7, 11) is 0. The van der Waals surface area contributed by atoms with Crippen LogP contribution in [0.15, 0.2) is 59.4 Å². The number of nitrogen functional groups attached to an aromatic ring is 1. The van der Waals surface area contributed by atoms with Crippen LogP contribution in [0, 0.1) is 0 Å². The number of anilines is 1. The summed E-state index contributed by atoms with van der Waals surface area (Å²) in [6, 6.07) is 17.4. The predicted molar refractivity (Wildman–Crippen MR) is 85.5 cm³/mol. The summed E-state index contributed by atoms with van der Waals surface area (Å²) in [5.74, 6) is 0. The molecule has 0 fully saturated rings. The summed E-state index contributed by atoms with van der Waals surface area (Å²) >= 11 is 0. The molecule has 0 atom stereocenters. The van der Waals surface area contributed by atoms with Gasteiger partial charge in [0, 0.05) is 28.6 Å². The summed E-state index contributed by atoms with van der Waals surface area (Å²) in [5.41, 5.74) is 8.52. The molecule has 1 heterocycles. The fourth-order valence-electron chi connectivity index (χ4n) is 2.28. The highest BCUT2D eigenvalue weighted by atomic mass is 35.5. The van der Waals surface area contributed by atoms with Gasteiger partial charge >= 0.3 is 0 Å². The van der Waals surface area contributed by atoms with E-state index in [-0.39, 0.29) is 18.0 Å². The molecule has 0 aliphatic rings. The van der Waals surface area contributed by atoms with Crippen LogP contribution in [-0.4, -0.2) is 4.98 Å². The Hall–Kier alpha value is -2.26. The number of aromatic nitrogens is 1. The Labute approximate surface area is 122 Å². The van der Waals surface area contributed by atoms with Crippen LogP contribution in [0.5, 0.6) is 0 Å². The molecule has 3 nitrogen and oxygen atoms in total. The lowest BCUT2D eigenvalue weighted by molar-refractivity contribution is 1.06. The quantitative estimate of drug-likeness (QED) is 0.711. The average Bonchev–Trinajstić information content (AvgIpc) is 2.41. The summed E-state index contributed by atoms with van der Waals surface area (Å²) in [4.78, 5) is 14.9. The number of H-pyrrole nitrogens is 1. The summed E-state index contributed by atoms with van der Waals surface area (Å²) < 4.78 is 0. The van der Waals surface area contributed by atoms with Crippen molar-refractivity contribution < 1.29 is 0 Å². The van der Waals surface area contributed by atoms with Crippen molar-refractivity contribution in [3.05, 3.63) is 76.2 Å². The lowest BCUT2D eigenvalue weighted by Crippen LogP contribution is -2.10. The van der Waals surface area contributed by atoms with E-state index in [0.717, 1.165) is 16.6 Å². The standard InChI is InChI=1S/C16H14N2O.ClH/c17-15-8-4-7-13-14(15)10-12(18-16(13)19)9-11-5-2-1-3-6-11;/h1-8,10H,9,17H2,(H,18,19);1H. The van der Waals surface area contributed by atoms with Gasteiger partial charge in [-0.2, -0.15) is 0 Å². The minimum Gasteiger partial charge on any atom is -0.398 e. The number of halogens is 1. The molecule has 0 aliphatic carbocycles. The number of nitrogens with two attached hydrogens (primary N) is 1. The largest absolute Gasteiger partial charge is 0.398 e. The number of benzene rings is 2. The second kappa shape index (κ2) is 5.80. The van der Waals surface area contributed by atoms with Gasteiger partial charge in [0.15, 0.2) is 0 Å². The van der Waals surface area contributed by atoms with Crippen molar-refractivity contribution in [3.63, 3.8) is 0 Å². The highest BCUT2D eigenvalue weighted by Gasteiger charge is 2.05. The average molecular weight is 287 g/mol. The topological polar surface area (TPSA) is 58.9 Å². The van der Waals surface area contributed by atoms with Crippen LogP contribution in [0.25, 0.3) is 10.8 Å². The number of nitrogens with one attached hydrogen (secondary N) is 1. The van der Waals surface area contributed by atoms with E-state index >= 15 is 0 Å². The molecule has 0 aliphatic heterocycles. The third-order valence-corrected chi connectivity index (χ3v) is 3.21. The Morgan fingerprint density at radius 3 is 2.45 bits per heavy atom. The molecule has 1 aromatic heterocycles. The predicted octanol–water partition coefficient (Wildman–Crippen LogP) is 3.12. The van der Waals surface area contributed by atoms with Crippen molar-refractivity contribution in [2.75, 3.05) is 5.73 Å². The molecule has 102 valence electrons. The molecular formula is C16H15ClN2O. The van der Waals surface area contributed by atoms with Crippen molar-refractivity contribution in [2.24, 2.45) is 0 Å². The third-order valence-electron chi connectivity index (χ3n) is 3.21. The molecule has 3 aromatic rings. The zero-order valence-electron chi connectivity index (χ0n) is 10.8. The molecule has 0 spiro atoms. The molecular weight excluding hydrogens is 272 g/mol. The molecule has 0 saturated carbocycles. The van der Waals surface area contributed by atoms with Gasteiger partial charge in [0.1, 0.15) is 0 Å². The van der Waals surface area contributed by atoms with Crippen molar-refractivity contribution in [1.82, 2.24) is 4.98 Å². The first-order valence-corrected chi connectivity index (χ1v) is 6.18. The smallest absolute Gasteiger partial charge is 0.256 e. The van der Waals surface area contributed by atoms with Gasteiger partial charge in [-0.1, -0.05) is 36.4 Å². The van der Waals surface area contributed by atoms with Gasteiger partial charge in [-0.15, -0.1) is 12.4 Å². The van der Waals surface area contributed by atoms with Crippen LogP contribution >= 0.6 is 12.4 Å². The van der Waals surface area contributed by atoms with Gasteiger partial charge in [0.25, 0.3) is 5.56 Å². The van der Waals surface area contributed by atoms with Gasteiger partial charge in [-0.05, 0) is 23.8 Å². The van der Waals surface area contributed by atoms with Crippen molar-refractivity contribution >= 4 is 28.9 Å². The zero-order chi connectivity index (χ0) is 13.2. The van der Waals surface area contributed by atoms with E-state index in [2.05, 4.69) is 4.98 Å². The molecule has 3 N–H and O–H groups in total. The van der Waals surface area contributed by atoms with Crippen molar-refractivity contribution in [2.45, 2.75) is 6.42 Å². The van der Waals surface area contributed by atoms with E-state index < -0.39 is 0 Å². The van der Waals surface area contributed by atoms with Crippen LogP contribution in [-0.2, 0) is 6.42 Å². The fourth-order valence-corrected chi connectivity index (χ4v) is 2.28. The van der Waals surface area contributed by atoms with E-state index in [1.807, 2.05) is 42.5 Å². The highest BCUT2D eigenvalue weighted by Crippen LogP contribution is 2.19. The Bertz CT molecular complexity index is 781. The maximum Gasteiger partial charge on any atom is 0.256 e. The minimum absolute atomic E-state index is 0. The minimum atomic E-state index is -0.0873. The summed E-state index contributed by atoms with van der Waals surface area (Å²) in [6.07, 6.45) is 0.695. The number of fused-ring (bicyclic) bond motifs is 1. The van der Waals surface area contributed by atoms with E-state index in [1.165, 1.54) is 0 Å². The van der Waals surface area contributed by atoms with Crippen LogP contribution in [0.4, 0.5) is 5.69 Å². The Kier molecular flexibility index (Phi) is 4.11. The summed E-state index contributed by atoms with van der Waals surface area (Å²) in [6.45, 7) is 0. The van der Waals surface area contributed by atoms with Gasteiger partial charge in [-0.3, -0.25) is 4.79 Å². The van der Waals surface area contributed by atoms with Gasteiger partial charge in [-0.25, -0.2) is 0 Å².